The Hall–Kier alpha value is -0.460. The van der Waals surface area contributed by atoms with E-state index in [2.05, 4.69) is 18.5 Å². The molecular formula is C9H15N. The van der Waals surface area contributed by atoms with Gasteiger partial charge in [-0.3, -0.25) is 0 Å². The average Bonchev–Trinajstić information content (AvgIpc) is 2.00. The zero-order valence-electron chi connectivity index (χ0n) is 6.64. The second-order valence-electron chi connectivity index (χ2n) is 3.61. The molecular weight excluding hydrogens is 122 g/mol. The van der Waals surface area contributed by atoms with Crippen molar-refractivity contribution >= 4 is 0 Å². The zero-order valence-corrected chi connectivity index (χ0v) is 6.64. The summed E-state index contributed by atoms with van der Waals surface area (Å²) in [5.74, 6) is 0.829. The minimum Gasteiger partial charge on any atom is -0.375 e. The van der Waals surface area contributed by atoms with Crippen LogP contribution in [0.5, 0.6) is 0 Å². The van der Waals surface area contributed by atoms with Crippen molar-refractivity contribution in [2.75, 3.05) is 7.05 Å². The van der Waals surface area contributed by atoms with E-state index in [9.17, 15) is 0 Å². The summed E-state index contributed by atoms with van der Waals surface area (Å²) in [7, 11) is 2.19. The standard InChI is InChI=1S/C9H15N/c1-7-8-3-5-9(6-4-8)10(7)2/h8-9H,1,3-6H2,2H3. The molecule has 0 aromatic rings. The maximum Gasteiger partial charge on any atom is 0.0284 e. The fourth-order valence-electron chi connectivity index (χ4n) is 2.32. The summed E-state index contributed by atoms with van der Waals surface area (Å²) in [6.45, 7) is 4.10. The van der Waals surface area contributed by atoms with Crippen LogP contribution in [-0.4, -0.2) is 18.0 Å². The van der Waals surface area contributed by atoms with Crippen LogP contribution in [0.4, 0.5) is 0 Å². The van der Waals surface area contributed by atoms with Crippen LogP contribution < -0.4 is 0 Å². The molecule has 3 rings (SSSR count). The van der Waals surface area contributed by atoms with Gasteiger partial charge in [-0.15, -0.1) is 0 Å². The van der Waals surface area contributed by atoms with Crippen LogP contribution in [0.25, 0.3) is 0 Å². The molecule has 1 aliphatic carbocycles. The topological polar surface area (TPSA) is 3.24 Å². The molecule has 1 saturated carbocycles. The van der Waals surface area contributed by atoms with E-state index in [0.717, 1.165) is 12.0 Å². The highest BCUT2D eigenvalue weighted by Crippen LogP contribution is 2.39. The van der Waals surface area contributed by atoms with Gasteiger partial charge < -0.3 is 4.90 Å². The fraction of sp³-hybridized carbons (Fsp3) is 0.778. The van der Waals surface area contributed by atoms with Gasteiger partial charge >= 0.3 is 0 Å². The molecule has 0 aromatic carbocycles. The van der Waals surface area contributed by atoms with Gasteiger partial charge in [-0.05, 0) is 31.6 Å². The lowest BCUT2D eigenvalue weighted by molar-refractivity contribution is 0.127. The lowest BCUT2D eigenvalue weighted by atomic mass is 9.78. The van der Waals surface area contributed by atoms with Crippen molar-refractivity contribution in [3.63, 3.8) is 0 Å². The molecule has 2 aliphatic heterocycles. The van der Waals surface area contributed by atoms with Gasteiger partial charge in [0, 0.05) is 18.8 Å². The SMILES string of the molecule is C=C1C2CCC(CC2)N1C. The molecule has 0 amide bonds. The quantitative estimate of drug-likeness (QED) is 0.493. The van der Waals surface area contributed by atoms with Crippen LogP contribution in [0.15, 0.2) is 12.3 Å². The van der Waals surface area contributed by atoms with E-state index < -0.39 is 0 Å². The number of fused-ring (bicyclic) bond motifs is 3. The summed E-state index contributed by atoms with van der Waals surface area (Å²) in [6.07, 6.45) is 5.60. The first kappa shape index (κ1) is 6.26. The van der Waals surface area contributed by atoms with Crippen molar-refractivity contribution in [3.8, 4) is 0 Å². The van der Waals surface area contributed by atoms with Crippen LogP contribution in [0.1, 0.15) is 25.7 Å². The molecule has 2 heterocycles. The third-order valence-corrected chi connectivity index (χ3v) is 3.17. The van der Waals surface area contributed by atoms with Gasteiger partial charge in [-0.2, -0.15) is 0 Å². The van der Waals surface area contributed by atoms with Crippen LogP contribution in [0.3, 0.4) is 0 Å². The molecule has 3 aliphatic rings. The first-order chi connectivity index (χ1) is 4.79. The first-order valence-corrected chi connectivity index (χ1v) is 4.20. The van der Waals surface area contributed by atoms with Gasteiger partial charge in [0.1, 0.15) is 0 Å². The predicted octanol–water partition coefficient (Wildman–Crippen LogP) is 2.00. The van der Waals surface area contributed by atoms with E-state index in [4.69, 9.17) is 0 Å². The van der Waals surface area contributed by atoms with E-state index >= 15 is 0 Å². The van der Waals surface area contributed by atoms with E-state index in [1.165, 1.54) is 31.4 Å². The van der Waals surface area contributed by atoms with E-state index in [-0.39, 0.29) is 0 Å². The molecule has 0 aromatic heterocycles. The van der Waals surface area contributed by atoms with Crippen LogP contribution >= 0.6 is 0 Å². The molecule has 10 heavy (non-hydrogen) atoms. The Balaban J connectivity index is 2.20. The summed E-state index contributed by atoms with van der Waals surface area (Å²) in [6, 6.07) is 0.831. The molecule has 56 valence electrons. The summed E-state index contributed by atoms with van der Waals surface area (Å²) in [5, 5.41) is 0. The van der Waals surface area contributed by atoms with Crippen LogP contribution in [0, 0.1) is 5.92 Å². The molecule has 1 nitrogen and oxygen atoms in total. The predicted molar refractivity (Wildman–Crippen MR) is 42.6 cm³/mol. The van der Waals surface area contributed by atoms with E-state index in [1.807, 2.05) is 0 Å². The zero-order chi connectivity index (χ0) is 7.14. The number of hydrogen-bond donors (Lipinski definition) is 0. The molecule has 1 heteroatoms. The van der Waals surface area contributed by atoms with E-state index in [1.54, 1.807) is 0 Å². The lowest BCUT2D eigenvalue weighted by Crippen LogP contribution is -2.43. The van der Waals surface area contributed by atoms with Crippen molar-refractivity contribution in [2.24, 2.45) is 5.92 Å². The molecule has 0 N–H and O–H groups in total. The van der Waals surface area contributed by atoms with Gasteiger partial charge in [0.15, 0.2) is 0 Å². The smallest absolute Gasteiger partial charge is 0.0284 e. The van der Waals surface area contributed by atoms with Crippen LogP contribution in [0.2, 0.25) is 0 Å². The van der Waals surface area contributed by atoms with Gasteiger partial charge in [0.25, 0.3) is 0 Å². The number of rotatable bonds is 0. The Labute approximate surface area is 62.7 Å². The summed E-state index contributed by atoms with van der Waals surface area (Å²) >= 11 is 0. The minimum atomic E-state index is 0.829. The largest absolute Gasteiger partial charge is 0.375 e. The van der Waals surface area contributed by atoms with Gasteiger partial charge in [-0.1, -0.05) is 6.58 Å². The van der Waals surface area contributed by atoms with Gasteiger partial charge in [0.2, 0.25) is 0 Å². The van der Waals surface area contributed by atoms with Crippen molar-refractivity contribution in [1.82, 2.24) is 4.90 Å². The molecule has 0 unspecified atom stereocenters. The molecule has 2 saturated heterocycles. The molecule has 2 bridgehead atoms. The minimum absolute atomic E-state index is 0.829. The van der Waals surface area contributed by atoms with Crippen molar-refractivity contribution < 1.29 is 0 Å². The van der Waals surface area contributed by atoms with Crippen LogP contribution in [-0.2, 0) is 0 Å². The monoisotopic (exact) mass is 137 g/mol. The maximum absolute atomic E-state index is 4.10. The Bertz CT molecular complexity index is 150. The molecule has 0 atom stereocenters. The summed E-state index contributed by atoms with van der Waals surface area (Å²) < 4.78 is 0. The third-order valence-electron chi connectivity index (χ3n) is 3.17. The molecule has 0 radical (unpaired) electrons. The lowest BCUT2D eigenvalue weighted by Gasteiger charge is -2.46. The van der Waals surface area contributed by atoms with Crippen molar-refractivity contribution in [1.29, 1.82) is 0 Å². The average molecular weight is 137 g/mol. The van der Waals surface area contributed by atoms with Crippen molar-refractivity contribution in [3.05, 3.63) is 12.3 Å². The first-order valence-electron chi connectivity index (χ1n) is 4.20. The Morgan fingerprint density at radius 1 is 1.30 bits per heavy atom. The fourth-order valence-corrected chi connectivity index (χ4v) is 2.32. The number of hydrogen-bond acceptors (Lipinski definition) is 1. The third kappa shape index (κ3) is 0.695. The number of nitrogens with zero attached hydrogens (tertiary/aromatic N) is 1. The van der Waals surface area contributed by atoms with Crippen molar-refractivity contribution in [2.45, 2.75) is 31.7 Å². The number of piperidine rings is 2. The normalized spacial score (nSPS) is 38.9. The Morgan fingerprint density at radius 2 is 1.90 bits per heavy atom. The Morgan fingerprint density at radius 3 is 2.20 bits per heavy atom. The molecule has 0 spiro atoms. The Kier molecular flexibility index (Phi) is 1.26. The highest BCUT2D eigenvalue weighted by molar-refractivity contribution is 5.08. The maximum atomic E-state index is 4.10. The van der Waals surface area contributed by atoms with E-state index in [0.29, 0.717) is 0 Å². The van der Waals surface area contributed by atoms with Gasteiger partial charge in [-0.25, -0.2) is 0 Å². The summed E-state index contributed by atoms with van der Waals surface area (Å²) in [4.78, 5) is 2.39. The number of allylic oxidation sites excluding steroid dienone is 1. The highest BCUT2D eigenvalue weighted by atomic mass is 15.2. The highest BCUT2D eigenvalue weighted by Gasteiger charge is 2.33. The second kappa shape index (κ2) is 2.01. The van der Waals surface area contributed by atoms with Gasteiger partial charge in [0.05, 0.1) is 0 Å². The second-order valence-corrected chi connectivity index (χ2v) is 3.61. The summed E-state index contributed by atoms with van der Waals surface area (Å²) in [5.41, 5.74) is 1.39. The molecule has 3 fully saturated rings.